The van der Waals surface area contributed by atoms with E-state index in [1.165, 1.54) is 0 Å². The molecule has 5 rings (SSSR count). The lowest BCUT2D eigenvalue weighted by Gasteiger charge is -2.21. The fraction of sp³-hybridized carbons (Fsp3) is 0.192. The number of nitrogens with zero attached hydrogens (tertiary/aromatic N) is 4. The summed E-state index contributed by atoms with van der Waals surface area (Å²) < 4.78 is 12.7. The monoisotopic (exact) mass is 471 g/mol. The molecule has 5 aromatic rings. The molecule has 8 heteroatoms. The molecule has 0 radical (unpaired) electrons. The quantitative estimate of drug-likeness (QED) is 0.324. The SMILES string of the molecule is COCc1nc(NC(c2ccc(OC)cc2)c2nccn2C)c2c(-c3ccccc3)csc2n1. The summed E-state index contributed by atoms with van der Waals surface area (Å²) in [4.78, 5) is 15.2. The topological polar surface area (TPSA) is 74.1 Å². The minimum Gasteiger partial charge on any atom is -0.497 e. The molecule has 1 N–H and O–H groups in total. The van der Waals surface area contributed by atoms with Crippen LogP contribution in [0.25, 0.3) is 21.3 Å². The largest absolute Gasteiger partial charge is 0.497 e. The van der Waals surface area contributed by atoms with E-state index in [4.69, 9.17) is 19.4 Å². The highest BCUT2D eigenvalue weighted by molar-refractivity contribution is 7.17. The zero-order chi connectivity index (χ0) is 23.5. The van der Waals surface area contributed by atoms with Crippen LogP contribution < -0.4 is 10.1 Å². The summed E-state index contributed by atoms with van der Waals surface area (Å²) in [6.07, 6.45) is 3.75. The van der Waals surface area contributed by atoms with Gasteiger partial charge < -0.3 is 19.4 Å². The van der Waals surface area contributed by atoms with Gasteiger partial charge in [-0.3, -0.25) is 0 Å². The number of hydrogen-bond acceptors (Lipinski definition) is 7. The van der Waals surface area contributed by atoms with Gasteiger partial charge in [0.15, 0.2) is 5.82 Å². The molecular weight excluding hydrogens is 446 g/mol. The van der Waals surface area contributed by atoms with Crippen molar-refractivity contribution in [3.05, 3.63) is 89.6 Å². The second-order valence-corrected chi connectivity index (χ2v) is 8.72. The molecule has 3 heterocycles. The Morgan fingerprint density at radius 3 is 2.50 bits per heavy atom. The molecule has 172 valence electrons. The van der Waals surface area contributed by atoms with Gasteiger partial charge >= 0.3 is 0 Å². The highest BCUT2D eigenvalue weighted by atomic mass is 32.1. The molecule has 0 aliphatic rings. The Morgan fingerprint density at radius 1 is 1.03 bits per heavy atom. The van der Waals surface area contributed by atoms with E-state index in [9.17, 15) is 0 Å². The van der Waals surface area contributed by atoms with Gasteiger partial charge in [-0.2, -0.15) is 0 Å². The third-order valence-corrected chi connectivity index (χ3v) is 6.56. The van der Waals surface area contributed by atoms with Crippen LogP contribution in [0.15, 0.2) is 72.4 Å². The van der Waals surface area contributed by atoms with Crippen molar-refractivity contribution >= 4 is 27.4 Å². The molecule has 0 spiro atoms. The van der Waals surface area contributed by atoms with Gasteiger partial charge in [0.1, 0.15) is 34.9 Å². The smallest absolute Gasteiger partial charge is 0.158 e. The second kappa shape index (κ2) is 9.62. The van der Waals surface area contributed by atoms with Gasteiger partial charge in [0.2, 0.25) is 0 Å². The maximum atomic E-state index is 5.36. The van der Waals surface area contributed by atoms with Crippen LogP contribution in [0.3, 0.4) is 0 Å². The van der Waals surface area contributed by atoms with Gasteiger partial charge in [-0.05, 0) is 23.3 Å². The Hall–Kier alpha value is -3.75. The first-order valence-electron chi connectivity index (χ1n) is 10.9. The van der Waals surface area contributed by atoms with Crippen molar-refractivity contribution in [1.82, 2.24) is 19.5 Å². The lowest BCUT2D eigenvalue weighted by molar-refractivity contribution is 0.178. The van der Waals surface area contributed by atoms with Gasteiger partial charge in [-0.15, -0.1) is 11.3 Å². The molecule has 0 aliphatic heterocycles. The Balaban J connectivity index is 1.67. The number of nitrogens with one attached hydrogen (secondary N) is 1. The number of aryl methyl sites for hydroxylation is 1. The number of methoxy groups -OCH3 is 2. The maximum Gasteiger partial charge on any atom is 0.158 e. The van der Waals surface area contributed by atoms with Crippen molar-refractivity contribution < 1.29 is 9.47 Å². The number of benzene rings is 2. The van der Waals surface area contributed by atoms with Crippen LogP contribution >= 0.6 is 11.3 Å². The molecule has 1 atom stereocenters. The van der Waals surface area contributed by atoms with Crippen molar-refractivity contribution in [1.29, 1.82) is 0 Å². The molecule has 0 saturated carbocycles. The summed E-state index contributed by atoms with van der Waals surface area (Å²) >= 11 is 1.61. The lowest BCUT2D eigenvalue weighted by atomic mass is 10.0. The second-order valence-electron chi connectivity index (χ2n) is 7.86. The summed E-state index contributed by atoms with van der Waals surface area (Å²) in [6, 6.07) is 18.1. The molecule has 0 aliphatic carbocycles. The van der Waals surface area contributed by atoms with Gasteiger partial charge in [0, 0.05) is 37.5 Å². The van der Waals surface area contributed by atoms with E-state index in [2.05, 4.69) is 27.8 Å². The number of rotatable bonds is 8. The zero-order valence-electron chi connectivity index (χ0n) is 19.2. The Labute approximate surface area is 202 Å². The van der Waals surface area contributed by atoms with Crippen molar-refractivity contribution in [2.45, 2.75) is 12.6 Å². The third-order valence-electron chi connectivity index (χ3n) is 5.68. The molecule has 2 aromatic carbocycles. The first kappa shape index (κ1) is 22.1. The minimum atomic E-state index is -0.233. The van der Waals surface area contributed by atoms with Gasteiger partial charge in [-0.1, -0.05) is 42.5 Å². The van der Waals surface area contributed by atoms with E-state index in [0.29, 0.717) is 12.4 Å². The average Bonchev–Trinajstić information content (AvgIpc) is 3.49. The van der Waals surface area contributed by atoms with E-state index < -0.39 is 0 Å². The maximum absolute atomic E-state index is 5.36. The highest BCUT2D eigenvalue weighted by Crippen LogP contribution is 2.39. The van der Waals surface area contributed by atoms with Gasteiger partial charge in [-0.25, -0.2) is 15.0 Å². The van der Waals surface area contributed by atoms with Crippen molar-refractivity contribution in [2.75, 3.05) is 19.5 Å². The normalized spacial score (nSPS) is 12.1. The predicted octanol–water partition coefficient (Wildman–Crippen LogP) is 5.45. The molecule has 7 nitrogen and oxygen atoms in total. The van der Waals surface area contributed by atoms with Crippen LogP contribution in [0.5, 0.6) is 5.75 Å². The molecule has 3 aromatic heterocycles. The van der Waals surface area contributed by atoms with E-state index in [0.717, 1.165) is 44.3 Å². The Kier molecular flexibility index (Phi) is 6.24. The summed E-state index contributed by atoms with van der Waals surface area (Å²) in [5.74, 6) is 3.06. The summed E-state index contributed by atoms with van der Waals surface area (Å²) in [5.41, 5.74) is 3.27. The van der Waals surface area contributed by atoms with Crippen LogP contribution in [0.4, 0.5) is 5.82 Å². The number of thiophene rings is 1. The van der Waals surface area contributed by atoms with Crippen molar-refractivity contribution in [3.63, 3.8) is 0 Å². The van der Waals surface area contributed by atoms with Crippen LogP contribution in [0.1, 0.15) is 23.3 Å². The minimum absolute atomic E-state index is 0.233. The fourth-order valence-corrected chi connectivity index (χ4v) is 4.97. The predicted molar refractivity (Wildman–Crippen MR) is 135 cm³/mol. The van der Waals surface area contributed by atoms with E-state index in [1.54, 1.807) is 31.8 Å². The molecular formula is C26H25N5O2S. The van der Waals surface area contributed by atoms with Gasteiger partial charge in [0.05, 0.1) is 12.5 Å². The van der Waals surface area contributed by atoms with E-state index in [-0.39, 0.29) is 6.04 Å². The van der Waals surface area contributed by atoms with E-state index >= 15 is 0 Å². The van der Waals surface area contributed by atoms with Gasteiger partial charge in [0.25, 0.3) is 0 Å². The summed E-state index contributed by atoms with van der Waals surface area (Å²) in [5, 5.41) is 6.82. The first-order chi connectivity index (χ1) is 16.7. The summed E-state index contributed by atoms with van der Waals surface area (Å²) in [6.45, 7) is 0.332. The molecule has 34 heavy (non-hydrogen) atoms. The van der Waals surface area contributed by atoms with Crippen LogP contribution in [-0.2, 0) is 18.4 Å². The number of hydrogen-bond donors (Lipinski definition) is 1. The Bertz CT molecular complexity index is 1400. The van der Waals surface area contributed by atoms with Crippen molar-refractivity contribution in [3.8, 4) is 16.9 Å². The molecule has 0 bridgehead atoms. The number of fused-ring (bicyclic) bond motifs is 1. The third kappa shape index (κ3) is 4.25. The summed E-state index contributed by atoms with van der Waals surface area (Å²) in [7, 11) is 5.31. The molecule has 0 fully saturated rings. The fourth-order valence-electron chi connectivity index (χ4n) is 4.00. The standard InChI is InChI=1S/C26H25N5O2S/c1-31-14-13-27-25(31)23(18-9-11-19(33-3)12-10-18)30-24-22-20(17-7-5-4-6-8-17)16-34-26(22)29-21(28-24)15-32-2/h4-14,16,23H,15H2,1-3H3,(H,28,29,30). The zero-order valence-corrected chi connectivity index (χ0v) is 20.0. The number of imidazole rings is 1. The Morgan fingerprint density at radius 2 is 1.82 bits per heavy atom. The number of aromatic nitrogens is 4. The lowest BCUT2D eigenvalue weighted by Crippen LogP contribution is -2.18. The first-order valence-corrected chi connectivity index (χ1v) is 11.8. The molecule has 0 amide bonds. The molecule has 1 unspecified atom stereocenters. The number of ether oxygens (including phenoxy) is 2. The number of anilines is 1. The van der Waals surface area contributed by atoms with Crippen LogP contribution in [0, 0.1) is 0 Å². The average molecular weight is 472 g/mol. The molecule has 0 saturated heterocycles. The highest BCUT2D eigenvalue weighted by Gasteiger charge is 2.23. The van der Waals surface area contributed by atoms with E-state index in [1.807, 2.05) is 60.3 Å². The van der Waals surface area contributed by atoms with Crippen LogP contribution in [0.2, 0.25) is 0 Å². The van der Waals surface area contributed by atoms with Crippen LogP contribution in [-0.4, -0.2) is 33.7 Å². The van der Waals surface area contributed by atoms with Crippen molar-refractivity contribution in [2.24, 2.45) is 7.05 Å².